The number of aryl methyl sites for hydroxylation is 2. The molecule has 0 aromatic carbocycles. The minimum atomic E-state index is -1.44. The minimum Gasteiger partial charge on any atom is -0.498 e. The first-order valence-electron chi connectivity index (χ1n) is 11.4. The number of pyridine rings is 3. The van der Waals surface area contributed by atoms with Gasteiger partial charge in [-0.15, -0.1) is 0 Å². The number of anilines is 1. The molecule has 3 heterocycles. The van der Waals surface area contributed by atoms with Gasteiger partial charge in [0.15, 0.2) is 27.3 Å². The van der Waals surface area contributed by atoms with Crippen molar-refractivity contribution in [2.75, 3.05) is 5.32 Å². The monoisotopic (exact) mass is 545 g/mol. The molecule has 38 heavy (non-hydrogen) atoms. The maximum atomic E-state index is 15.6. The van der Waals surface area contributed by atoms with E-state index in [9.17, 15) is 18.7 Å². The molecule has 0 aliphatic carbocycles. The molecule has 0 fully saturated rings. The second-order valence-electron chi connectivity index (χ2n) is 9.60. The van der Waals surface area contributed by atoms with Crippen LogP contribution in [0.15, 0.2) is 41.6 Å². The fourth-order valence-electron chi connectivity index (χ4n) is 3.56. The first-order chi connectivity index (χ1) is 17.5. The number of nitrogens with one attached hydrogen (secondary N) is 2. The number of rotatable bonds is 8. The van der Waals surface area contributed by atoms with Crippen molar-refractivity contribution in [1.82, 2.24) is 14.5 Å². The van der Waals surface area contributed by atoms with E-state index in [1.807, 2.05) is 0 Å². The van der Waals surface area contributed by atoms with Gasteiger partial charge in [-0.1, -0.05) is 11.6 Å². The lowest BCUT2D eigenvalue weighted by atomic mass is 9.62. The van der Waals surface area contributed by atoms with Crippen LogP contribution in [0.3, 0.4) is 0 Å². The second-order valence-corrected chi connectivity index (χ2v) is 9.98. The third-order valence-corrected chi connectivity index (χ3v) is 5.92. The zero-order valence-corrected chi connectivity index (χ0v) is 22.3. The molecule has 3 N–H and O–H groups in total. The lowest BCUT2D eigenvalue weighted by molar-refractivity contribution is 0.154. The van der Waals surface area contributed by atoms with Crippen LogP contribution in [0.4, 0.5) is 19.0 Å². The van der Waals surface area contributed by atoms with Gasteiger partial charge >= 0.3 is 0 Å². The lowest BCUT2D eigenvalue weighted by Crippen LogP contribution is -2.37. The van der Waals surface area contributed by atoms with E-state index in [1.165, 1.54) is 61.0 Å². The van der Waals surface area contributed by atoms with Gasteiger partial charge in [-0.05, 0) is 39.3 Å². The van der Waals surface area contributed by atoms with Gasteiger partial charge in [-0.25, -0.2) is 18.2 Å². The fraction of sp³-hybridized carbons (Fsp3) is 0.250. The maximum absolute atomic E-state index is 15.6. The van der Waals surface area contributed by atoms with Gasteiger partial charge in [0.2, 0.25) is 0 Å². The zero-order valence-electron chi connectivity index (χ0n) is 21.6. The highest BCUT2D eigenvalue weighted by Gasteiger charge is 2.30. The summed E-state index contributed by atoms with van der Waals surface area (Å²) in [7, 11) is 2.95. The summed E-state index contributed by atoms with van der Waals surface area (Å²) in [6.45, 7) is 5.96. The van der Waals surface area contributed by atoms with Crippen molar-refractivity contribution in [2.24, 2.45) is 0 Å². The molecule has 0 unspecified atom stereocenters. The predicted octanol–water partition coefficient (Wildman–Crippen LogP) is 2.49. The molecule has 0 spiro atoms. The number of hydrogen-bond donors (Lipinski definition) is 3. The van der Waals surface area contributed by atoms with E-state index in [4.69, 9.17) is 21.7 Å². The van der Waals surface area contributed by atoms with E-state index in [-0.39, 0.29) is 34.4 Å². The summed E-state index contributed by atoms with van der Waals surface area (Å²) in [6.07, 6.45) is 4.70. The number of hydrogen-bond acceptors (Lipinski definition) is 7. The van der Waals surface area contributed by atoms with Crippen LogP contribution in [0.25, 0.3) is 5.69 Å². The average Bonchev–Trinajstić information content (AvgIpc) is 2.79. The van der Waals surface area contributed by atoms with Crippen LogP contribution in [0.1, 0.15) is 30.8 Å². The molecule has 3 aromatic rings. The summed E-state index contributed by atoms with van der Waals surface area (Å²) in [6, 6.07) is 2.06. The van der Waals surface area contributed by atoms with Crippen LogP contribution in [-0.4, -0.2) is 46.6 Å². The number of aromatic nitrogens is 3. The Balaban J connectivity index is 2.03. The van der Waals surface area contributed by atoms with Crippen molar-refractivity contribution < 1.29 is 23.0 Å². The Morgan fingerprint density at radius 2 is 1.87 bits per heavy atom. The molecule has 0 saturated heterocycles. The van der Waals surface area contributed by atoms with Gasteiger partial charge in [-0.2, -0.15) is 0 Å². The molecule has 0 radical (unpaired) electrons. The Labute approximate surface area is 223 Å². The number of halogens is 4. The van der Waals surface area contributed by atoms with Crippen LogP contribution >= 0.6 is 11.6 Å². The van der Waals surface area contributed by atoms with Crippen LogP contribution in [0, 0.1) is 36.7 Å². The zero-order chi connectivity index (χ0) is 28.6. The molecule has 8 nitrogen and oxygen atoms in total. The van der Waals surface area contributed by atoms with Gasteiger partial charge in [0.05, 0.1) is 23.0 Å². The van der Waals surface area contributed by atoms with Gasteiger partial charge in [0.25, 0.3) is 5.56 Å². The molecule has 0 atom stereocenters. The highest BCUT2D eigenvalue weighted by molar-refractivity contribution is 6.39. The van der Waals surface area contributed by atoms with Crippen molar-refractivity contribution in [1.29, 1.82) is 5.41 Å². The summed E-state index contributed by atoms with van der Waals surface area (Å²) in [5, 5.41) is 18.4. The van der Waals surface area contributed by atoms with E-state index < -0.39 is 39.0 Å². The molecule has 0 aliphatic rings. The number of aliphatic hydroxyl groups is 1. The molecule has 0 saturated carbocycles. The predicted molar refractivity (Wildman–Crippen MR) is 145 cm³/mol. The summed E-state index contributed by atoms with van der Waals surface area (Å²) in [4.78, 5) is 21.1. The molecule has 14 heteroatoms. The SMILES string of the molecule is BC(B)(Oc1cc(C)n(-c2c(C)cnc(N/C=C\C(=N)C(C)(C)O)c2F)c(=O)c1Cl)c1ncc(F)cc1F. The Kier molecular flexibility index (Phi) is 8.13. The molecule has 0 bridgehead atoms. The fourth-order valence-corrected chi connectivity index (χ4v) is 3.74. The largest absolute Gasteiger partial charge is 0.498 e. The smallest absolute Gasteiger partial charge is 0.278 e. The van der Waals surface area contributed by atoms with Crippen molar-refractivity contribution in [2.45, 2.75) is 38.7 Å². The van der Waals surface area contributed by atoms with E-state index in [0.29, 0.717) is 11.6 Å². The van der Waals surface area contributed by atoms with Crippen LogP contribution in [-0.2, 0) is 5.40 Å². The van der Waals surface area contributed by atoms with Gasteiger partial charge in [0, 0.05) is 30.2 Å². The van der Waals surface area contributed by atoms with Crippen molar-refractivity contribution in [3.05, 3.63) is 86.6 Å². The third kappa shape index (κ3) is 5.94. The minimum absolute atomic E-state index is 0.0977. The molecule has 3 aromatic heterocycles. The molecular formula is C24H25B2ClF3N5O3. The van der Waals surface area contributed by atoms with Crippen molar-refractivity contribution in [3.8, 4) is 11.4 Å². The maximum Gasteiger partial charge on any atom is 0.278 e. The van der Waals surface area contributed by atoms with Crippen molar-refractivity contribution >= 4 is 38.8 Å². The first kappa shape index (κ1) is 29.0. The average molecular weight is 546 g/mol. The van der Waals surface area contributed by atoms with E-state index >= 15 is 4.39 Å². The van der Waals surface area contributed by atoms with E-state index in [1.54, 1.807) is 6.92 Å². The summed E-state index contributed by atoms with van der Waals surface area (Å²) >= 11 is 6.34. The molecule has 3 rings (SSSR count). The van der Waals surface area contributed by atoms with E-state index in [2.05, 4.69) is 15.3 Å². The first-order valence-corrected chi connectivity index (χ1v) is 11.7. The van der Waals surface area contributed by atoms with Gasteiger partial charge < -0.3 is 20.6 Å². The Bertz CT molecular complexity index is 1510. The summed E-state index contributed by atoms with van der Waals surface area (Å²) in [5.41, 5.74) is -2.05. The highest BCUT2D eigenvalue weighted by atomic mass is 35.5. The molecule has 0 amide bonds. The second kappa shape index (κ2) is 10.7. The van der Waals surface area contributed by atoms with Crippen LogP contribution < -0.4 is 15.6 Å². The third-order valence-electron chi connectivity index (χ3n) is 5.57. The lowest BCUT2D eigenvalue weighted by Gasteiger charge is -2.28. The molecule has 198 valence electrons. The topological polar surface area (TPSA) is 113 Å². The Morgan fingerprint density at radius 1 is 1.21 bits per heavy atom. The summed E-state index contributed by atoms with van der Waals surface area (Å²) < 4.78 is 50.1. The van der Waals surface area contributed by atoms with Crippen LogP contribution in [0.2, 0.25) is 5.02 Å². The normalized spacial score (nSPS) is 12.1. The molecular weight excluding hydrogens is 520 g/mol. The van der Waals surface area contributed by atoms with Crippen molar-refractivity contribution in [3.63, 3.8) is 0 Å². The Hall–Kier alpha value is -3.57. The van der Waals surface area contributed by atoms with Gasteiger partial charge in [0.1, 0.15) is 33.7 Å². The van der Waals surface area contributed by atoms with E-state index in [0.717, 1.165) is 10.8 Å². The Morgan fingerprint density at radius 3 is 2.47 bits per heavy atom. The number of nitrogens with zero attached hydrogens (tertiary/aromatic N) is 3. The quantitative estimate of drug-likeness (QED) is 0.296. The standard InChI is InChI=1S/C24H25B2ClF3N5O3/c1-11-9-34-21(32-6-5-16(31)23(3,4)37)18(30)19(11)35-12(2)7-15(17(27)22(35)36)38-24(25,26)20-14(29)8-13(28)10-33-20/h5-10,31,37H,25-26H2,1-4H3,(H,32,34)/b6-5-,31-16?. The molecule has 0 aliphatic heterocycles. The highest BCUT2D eigenvalue weighted by Crippen LogP contribution is 2.31. The summed E-state index contributed by atoms with van der Waals surface area (Å²) in [5.74, 6) is -2.98. The van der Waals surface area contributed by atoms with Gasteiger partial charge in [-0.3, -0.25) is 14.3 Å². The van der Waals surface area contributed by atoms with Crippen LogP contribution in [0.5, 0.6) is 5.75 Å². The number of ether oxygens (including phenoxy) is 1.